The summed E-state index contributed by atoms with van der Waals surface area (Å²) >= 11 is 3.82. The van der Waals surface area contributed by atoms with Crippen molar-refractivity contribution in [2.75, 3.05) is 13.2 Å². The van der Waals surface area contributed by atoms with E-state index in [4.69, 9.17) is 19.4 Å². The summed E-state index contributed by atoms with van der Waals surface area (Å²) in [7, 11) is 0. The smallest absolute Gasteiger partial charge is 0.340 e. The average molecular weight is 666 g/mol. The zero-order valence-electron chi connectivity index (χ0n) is 26.7. The molecule has 8 bridgehead atoms. The van der Waals surface area contributed by atoms with Crippen LogP contribution in [0, 0.1) is 0 Å². The van der Waals surface area contributed by atoms with Gasteiger partial charge in [-0.2, -0.15) is 0 Å². The van der Waals surface area contributed by atoms with Crippen molar-refractivity contribution in [2.45, 2.75) is 91.9 Å². The minimum Gasteiger partial charge on any atom is -0.504 e. The fourth-order valence-corrected chi connectivity index (χ4v) is 6.79. The molecule has 0 fully saturated rings. The number of ether oxygens (including phenoxy) is 2. The summed E-state index contributed by atoms with van der Waals surface area (Å²) in [5, 5.41) is 11.7. The van der Waals surface area contributed by atoms with Gasteiger partial charge in [-0.15, -0.1) is 0 Å². The van der Waals surface area contributed by atoms with Crippen LogP contribution in [0.25, 0.3) is 22.1 Å². The predicted molar refractivity (Wildman–Crippen MR) is 174 cm³/mol. The zero-order chi connectivity index (χ0) is 32.1. The molecule has 2 aliphatic heterocycles. The van der Waals surface area contributed by atoms with Crippen LogP contribution in [0.3, 0.4) is 0 Å². The lowest BCUT2D eigenvalue weighted by Crippen LogP contribution is -2.15. The lowest BCUT2D eigenvalue weighted by Gasteiger charge is -2.16. The molecule has 5 heterocycles. The molecule has 0 aromatic carbocycles. The molecule has 0 saturated carbocycles. The molecule has 5 rings (SSSR count). The molecule has 10 heteroatoms. The number of aromatic amines is 2. The molecule has 0 amide bonds. The Morgan fingerprint density at radius 1 is 0.795 bits per heavy atom. The lowest BCUT2D eigenvalue weighted by atomic mass is 9.86. The number of hydrogen-bond donors (Lipinski definition) is 3. The number of nitrogens with zero attached hydrogens (tertiary/aromatic N) is 2. The van der Waals surface area contributed by atoms with Crippen molar-refractivity contribution in [1.29, 1.82) is 0 Å². The Morgan fingerprint density at radius 3 is 1.70 bits per heavy atom. The van der Waals surface area contributed by atoms with Crippen molar-refractivity contribution in [2.24, 2.45) is 0 Å². The van der Waals surface area contributed by atoms with E-state index in [1.807, 2.05) is 26.0 Å². The van der Waals surface area contributed by atoms with Crippen LogP contribution in [0.5, 0.6) is 5.75 Å². The minimum atomic E-state index is -0.498. The highest BCUT2D eigenvalue weighted by atomic mass is 79.9. The van der Waals surface area contributed by atoms with Crippen LogP contribution in [0.1, 0.15) is 110 Å². The number of hydrogen-bond acceptors (Lipinski definition) is 7. The van der Waals surface area contributed by atoms with E-state index < -0.39 is 17.4 Å². The number of carbonyl (C=O) groups excluding carboxylic acids is 2. The van der Waals surface area contributed by atoms with Gasteiger partial charge in [0.15, 0.2) is 5.75 Å². The Morgan fingerprint density at radius 2 is 1.23 bits per heavy atom. The van der Waals surface area contributed by atoms with Crippen molar-refractivity contribution in [1.82, 2.24) is 19.9 Å². The van der Waals surface area contributed by atoms with Gasteiger partial charge in [-0.25, -0.2) is 9.59 Å². The maximum absolute atomic E-state index is 13.4. The van der Waals surface area contributed by atoms with Crippen LogP contribution in [0.4, 0.5) is 0 Å². The van der Waals surface area contributed by atoms with Crippen LogP contribution in [-0.4, -0.2) is 50.2 Å². The molecule has 0 spiro atoms. The maximum Gasteiger partial charge on any atom is 0.340 e. The third-order valence-corrected chi connectivity index (χ3v) is 9.46. The van der Waals surface area contributed by atoms with Gasteiger partial charge in [-0.3, -0.25) is 9.97 Å². The van der Waals surface area contributed by atoms with Crippen molar-refractivity contribution in [3.05, 3.63) is 61.6 Å². The Balaban J connectivity index is 2.04. The first-order valence-corrected chi connectivity index (χ1v) is 16.1. The van der Waals surface area contributed by atoms with Crippen LogP contribution in [-0.2, 0) is 46.0 Å². The number of aryl methyl sites for hydroxylation is 2. The van der Waals surface area contributed by atoms with Gasteiger partial charge in [-0.1, -0.05) is 41.5 Å². The quantitative estimate of drug-likeness (QED) is 0.236. The van der Waals surface area contributed by atoms with E-state index in [9.17, 15) is 14.7 Å². The van der Waals surface area contributed by atoms with Gasteiger partial charge in [0.1, 0.15) is 0 Å². The number of aromatic hydroxyl groups is 1. The second-order valence-corrected chi connectivity index (χ2v) is 13.4. The molecule has 3 aromatic rings. The largest absolute Gasteiger partial charge is 0.504 e. The van der Waals surface area contributed by atoms with E-state index in [1.165, 1.54) is 0 Å². The second-order valence-electron chi connectivity index (χ2n) is 12.6. The zero-order valence-corrected chi connectivity index (χ0v) is 28.3. The van der Waals surface area contributed by atoms with E-state index >= 15 is 0 Å². The van der Waals surface area contributed by atoms with E-state index in [-0.39, 0.29) is 24.4 Å². The summed E-state index contributed by atoms with van der Waals surface area (Å²) in [4.78, 5) is 43.6. The lowest BCUT2D eigenvalue weighted by molar-refractivity contribution is 0.0518. The molecule has 2 aliphatic rings. The summed E-state index contributed by atoms with van der Waals surface area (Å²) in [6.45, 7) is 16.3. The first kappa shape index (κ1) is 31.8. The van der Waals surface area contributed by atoms with Crippen LogP contribution >= 0.6 is 15.9 Å². The third-order valence-electron chi connectivity index (χ3n) is 8.60. The number of aromatic nitrogens is 4. The third kappa shape index (κ3) is 5.31. The number of nitrogens with one attached hydrogen (secondary N) is 2. The summed E-state index contributed by atoms with van der Waals surface area (Å²) in [5.41, 5.74) is 6.68. The first-order valence-electron chi connectivity index (χ1n) is 15.3. The number of carbonyl (C=O) groups is 2. The highest BCUT2D eigenvalue weighted by Gasteiger charge is 2.34. The topological polar surface area (TPSA) is 130 Å². The standard InChI is InChI=1S/C34H41BrN4O5/c1-9-17-19-13-24-34(7,8)16-22(37-24)30(40)29-26(32(42)44-12-4)18(10-2)20(39-29)14-23-33(5,6)15-21(36-23)27(35)28(38-19)25(17)31(41)43-11-3/h13-14,38-40H,9-12,15-16H2,1-8H3. The van der Waals surface area contributed by atoms with Crippen molar-refractivity contribution < 1.29 is 24.2 Å². The van der Waals surface area contributed by atoms with E-state index in [0.717, 1.165) is 33.7 Å². The molecule has 9 nitrogen and oxygen atoms in total. The molecule has 0 radical (unpaired) electrons. The Hall–Kier alpha value is -3.66. The Bertz CT molecular complexity index is 1700. The maximum atomic E-state index is 13.4. The van der Waals surface area contributed by atoms with Gasteiger partial charge in [0.2, 0.25) is 0 Å². The molecule has 44 heavy (non-hydrogen) atoms. The molecule has 234 valence electrons. The molecule has 0 aliphatic carbocycles. The molecule has 0 unspecified atom stereocenters. The predicted octanol–water partition coefficient (Wildman–Crippen LogP) is 7.30. The Kier molecular flexibility index (Phi) is 8.44. The number of H-pyrrole nitrogens is 2. The summed E-state index contributed by atoms with van der Waals surface area (Å²) < 4.78 is 11.7. The van der Waals surface area contributed by atoms with Crippen LogP contribution in [0.15, 0.2) is 16.6 Å². The van der Waals surface area contributed by atoms with Crippen LogP contribution < -0.4 is 0 Å². The van der Waals surface area contributed by atoms with Crippen molar-refractivity contribution in [3.8, 4) is 5.75 Å². The minimum absolute atomic E-state index is 0.0861. The monoisotopic (exact) mass is 664 g/mol. The van der Waals surface area contributed by atoms with Crippen molar-refractivity contribution in [3.63, 3.8) is 0 Å². The molecule has 0 saturated heterocycles. The second kappa shape index (κ2) is 11.7. The van der Waals surface area contributed by atoms with Gasteiger partial charge in [0.25, 0.3) is 0 Å². The highest BCUT2D eigenvalue weighted by molar-refractivity contribution is 9.10. The molecular weight excluding hydrogens is 624 g/mol. The molecule has 3 N–H and O–H groups in total. The fourth-order valence-electron chi connectivity index (χ4n) is 6.27. The van der Waals surface area contributed by atoms with Gasteiger partial charge >= 0.3 is 11.9 Å². The number of rotatable bonds is 6. The van der Waals surface area contributed by atoms with Crippen molar-refractivity contribution >= 4 is 49.9 Å². The van der Waals surface area contributed by atoms with E-state index in [2.05, 4.69) is 53.6 Å². The summed E-state index contributed by atoms with van der Waals surface area (Å²) in [5.74, 6) is -0.985. The summed E-state index contributed by atoms with van der Waals surface area (Å²) in [6.07, 6.45) is 2.16. The number of esters is 2. The van der Waals surface area contributed by atoms with Crippen LogP contribution in [0.2, 0.25) is 0 Å². The van der Waals surface area contributed by atoms with Gasteiger partial charge in [-0.05, 0) is 65.9 Å². The summed E-state index contributed by atoms with van der Waals surface area (Å²) in [6, 6.07) is 3.90. The number of fused-ring (bicyclic) bond motifs is 8. The molecular formula is C34H41BrN4O5. The normalized spacial score (nSPS) is 15.3. The molecule has 3 aromatic heterocycles. The van der Waals surface area contributed by atoms with Gasteiger partial charge in [0, 0.05) is 46.1 Å². The van der Waals surface area contributed by atoms with E-state index in [1.54, 1.807) is 13.8 Å². The fraction of sp³-hybridized carbons (Fsp3) is 0.471. The SMILES string of the molecule is CCOC(=O)c1c(CC)c2cc3nc(c(Br)c4[nH]c(cc5nc(c(O)c1[nH]2)CC5(C)C)c(CC)c4C(=O)OCC)CC3(C)C. The average Bonchev–Trinajstić information content (AvgIpc) is 3.68. The van der Waals surface area contributed by atoms with E-state index in [0.29, 0.717) is 63.5 Å². The Labute approximate surface area is 266 Å². The van der Waals surface area contributed by atoms with Gasteiger partial charge < -0.3 is 24.5 Å². The number of halogens is 1. The molecule has 0 atom stereocenters. The first-order chi connectivity index (χ1) is 20.8. The highest BCUT2D eigenvalue weighted by Crippen LogP contribution is 2.40. The van der Waals surface area contributed by atoms with Gasteiger partial charge in [0.05, 0.1) is 51.2 Å².